The number of likely N-dealkylation sites (tertiary alicyclic amines) is 2. The molecule has 0 radical (unpaired) electrons. The number of imidazole rings is 2. The van der Waals surface area contributed by atoms with Gasteiger partial charge in [0.1, 0.15) is 23.7 Å². The van der Waals surface area contributed by atoms with Crippen LogP contribution in [0.1, 0.15) is 72.6 Å². The third-order valence-electron chi connectivity index (χ3n) is 12.3. The van der Waals surface area contributed by atoms with Crippen LogP contribution in [0.4, 0.5) is 21.0 Å². The molecule has 3 aliphatic rings. The van der Waals surface area contributed by atoms with Crippen molar-refractivity contribution in [2.45, 2.75) is 49.9 Å². The summed E-state index contributed by atoms with van der Waals surface area (Å²) in [7, 11) is 2.57. The number of anilines is 2. The predicted octanol–water partition coefficient (Wildman–Crippen LogP) is 6.29. The van der Waals surface area contributed by atoms with Crippen molar-refractivity contribution in [1.82, 2.24) is 40.4 Å². The van der Waals surface area contributed by atoms with E-state index in [0.717, 1.165) is 97.0 Å². The number of rotatable bonds is 10. The van der Waals surface area contributed by atoms with E-state index in [1.807, 2.05) is 82.6 Å². The van der Waals surface area contributed by atoms with Crippen LogP contribution in [0.25, 0.3) is 22.1 Å². The van der Waals surface area contributed by atoms with E-state index in [1.54, 1.807) is 0 Å². The van der Waals surface area contributed by atoms with Crippen molar-refractivity contribution >= 4 is 57.4 Å². The van der Waals surface area contributed by atoms with Crippen molar-refractivity contribution in [2.24, 2.45) is 0 Å². The molecular formula is C46H50N10O6. The van der Waals surface area contributed by atoms with Gasteiger partial charge in [0, 0.05) is 50.6 Å². The minimum Gasteiger partial charge on any atom is -0.453 e. The standard InChI is InChI=1S/C46H50N10O6/c1-61-45(59)51-39(29-11-5-3-6-12-29)43(57)55-21-9-15-37(55)41-47-33-19-17-31(27-35(33)49-41)53-23-25-54(26-24-53)32-18-20-34-36(28-32)50-42(48-34)38-16-10-22-56(38)44(58)40(52-46(60)62-2)30-13-7-4-8-14-30/h3-8,11-14,17-20,27-28,37-40H,9-10,15-16,21-26H2,1-2H3,(H,47,49)(H,48,50)(H,51,59)(H,52,60)/t37-,38-,39+,40+/m0/s1. The fraction of sp³-hybridized carbons (Fsp3) is 0.348. The van der Waals surface area contributed by atoms with Crippen molar-refractivity contribution in [3.63, 3.8) is 0 Å². The zero-order chi connectivity index (χ0) is 42.7. The number of aromatic nitrogens is 4. The molecule has 16 nitrogen and oxygen atoms in total. The topological polar surface area (TPSA) is 181 Å². The number of hydrogen-bond donors (Lipinski definition) is 4. The van der Waals surface area contributed by atoms with Crippen LogP contribution in [0.3, 0.4) is 0 Å². The van der Waals surface area contributed by atoms with Gasteiger partial charge in [-0.15, -0.1) is 0 Å². The number of aromatic amines is 2. The Morgan fingerprint density at radius 2 is 0.984 bits per heavy atom. The van der Waals surface area contributed by atoms with Gasteiger partial charge in [-0.05, 0) is 73.2 Å². The van der Waals surface area contributed by atoms with E-state index in [1.165, 1.54) is 14.2 Å². The number of fused-ring (bicyclic) bond motifs is 2. The fourth-order valence-electron chi connectivity index (χ4n) is 9.15. The molecule has 3 aliphatic heterocycles. The number of ether oxygens (including phenoxy) is 2. The monoisotopic (exact) mass is 838 g/mol. The van der Waals surface area contributed by atoms with Gasteiger partial charge in [0.05, 0.1) is 48.4 Å². The van der Waals surface area contributed by atoms with E-state index < -0.39 is 24.3 Å². The second kappa shape index (κ2) is 17.5. The lowest BCUT2D eigenvalue weighted by molar-refractivity contribution is -0.135. The molecule has 4 N–H and O–H groups in total. The van der Waals surface area contributed by atoms with Gasteiger partial charge in [-0.25, -0.2) is 19.6 Å². The van der Waals surface area contributed by atoms with Crippen molar-refractivity contribution in [1.29, 1.82) is 0 Å². The minimum absolute atomic E-state index is 0.203. The molecule has 320 valence electrons. The molecule has 4 amide bonds. The number of nitrogens with zero attached hydrogens (tertiary/aromatic N) is 6. The van der Waals surface area contributed by atoms with Gasteiger partial charge in [0.25, 0.3) is 11.8 Å². The maximum atomic E-state index is 14.0. The number of H-pyrrole nitrogens is 2. The van der Waals surface area contributed by atoms with Crippen molar-refractivity contribution < 1.29 is 28.7 Å². The molecule has 62 heavy (non-hydrogen) atoms. The summed E-state index contributed by atoms with van der Waals surface area (Å²) < 4.78 is 9.70. The van der Waals surface area contributed by atoms with Crippen LogP contribution in [-0.4, -0.2) is 107 Å². The third kappa shape index (κ3) is 8.07. The van der Waals surface area contributed by atoms with Gasteiger partial charge < -0.3 is 49.7 Å². The lowest BCUT2D eigenvalue weighted by atomic mass is 10.1. The van der Waals surface area contributed by atoms with Gasteiger partial charge in [0.15, 0.2) is 0 Å². The van der Waals surface area contributed by atoms with Gasteiger partial charge >= 0.3 is 12.2 Å². The van der Waals surface area contributed by atoms with E-state index in [9.17, 15) is 19.2 Å². The second-order valence-electron chi connectivity index (χ2n) is 16.0. The Balaban J connectivity index is 0.859. The van der Waals surface area contributed by atoms with Crippen LogP contribution in [-0.2, 0) is 19.1 Å². The Bertz CT molecular complexity index is 2400. The van der Waals surface area contributed by atoms with E-state index in [0.29, 0.717) is 24.2 Å². The first-order valence-electron chi connectivity index (χ1n) is 21.2. The maximum Gasteiger partial charge on any atom is 0.407 e. The van der Waals surface area contributed by atoms with Crippen molar-refractivity contribution in [3.05, 3.63) is 120 Å². The first-order valence-corrected chi connectivity index (χ1v) is 21.2. The Morgan fingerprint density at radius 1 is 0.581 bits per heavy atom. The van der Waals surface area contributed by atoms with Crippen LogP contribution in [0, 0.1) is 0 Å². The average Bonchev–Trinajstić information content (AvgIpc) is 4.16. The highest BCUT2D eigenvalue weighted by Crippen LogP contribution is 2.37. The summed E-state index contributed by atoms with van der Waals surface area (Å²) in [6, 6.07) is 28.7. The van der Waals surface area contributed by atoms with Gasteiger partial charge in [-0.3, -0.25) is 9.59 Å². The summed E-state index contributed by atoms with van der Waals surface area (Å²) in [6.07, 6.45) is 1.84. The van der Waals surface area contributed by atoms with Crippen LogP contribution in [0.2, 0.25) is 0 Å². The number of alkyl carbamates (subject to hydrolysis) is 2. The molecule has 2 aromatic heterocycles. The first-order chi connectivity index (χ1) is 30.3. The Labute approximate surface area is 358 Å². The molecule has 6 aromatic rings. The molecular weight excluding hydrogens is 789 g/mol. The number of carbonyl (C=O) groups excluding carboxylic acids is 4. The summed E-state index contributed by atoms with van der Waals surface area (Å²) >= 11 is 0. The summed E-state index contributed by atoms with van der Waals surface area (Å²) in [6.45, 7) is 4.39. The number of carbonyl (C=O) groups is 4. The number of methoxy groups -OCH3 is 2. The highest BCUT2D eigenvalue weighted by Gasteiger charge is 2.39. The number of nitrogens with one attached hydrogen (secondary N) is 4. The molecule has 9 rings (SSSR count). The van der Waals surface area contributed by atoms with Gasteiger partial charge in [-0.2, -0.15) is 0 Å². The molecule has 0 bridgehead atoms. The summed E-state index contributed by atoms with van der Waals surface area (Å²) in [5.74, 6) is 1.06. The number of hydrogen-bond acceptors (Lipinski definition) is 10. The van der Waals surface area contributed by atoms with Crippen molar-refractivity contribution in [3.8, 4) is 0 Å². The van der Waals surface area contributed by atoms with Crippen LogP contribution >= 0.6 is 0 Å². The predicted molar refractivity (Wildman–Crippen MR) is 233 cm³/mol. The Hall–Kier alpha value is -7.10. The highest BCUT2D eigenvalue weighted by atomic mass is 16.5. The molecule has 3 saturated heterocycles. The molecule has 3 fully saturated rings. The smallest absolute Gasteiger partial charge is 0.407 e. The highest BCUT2D eigenvalue weighted by molar-refractivity contribution is 5.89. The Kier molecular flexibility index (Phi) is 11.4. The average molecular weight is 839 g/mol. The normalized spacial score (nSPS) is 18.8. The zero-order valence-corrected chi connectivity index (χ0v) is 34.8. The molecule has 4 atom stereocenters. The van der Waals surface area contributed by atoms with E-state index in [-0.39, 0.29) is 23.9 Å². The summed E-state index contributed by atoms with van der Waals surface area (Å²) in [5.41, 5.74) is 7.05. The zero-order valence-electron chi connectivity index (χ0n) is 34.8. The summed E-state index contributed by atoms with van der Waals surface area (Å²) in [5, 5.41) is 5.46. The van der Waals surface area contributed by atoms with Gasteiger partial charge in [-0.1, -0.05) is 60.7 Å². The first kappa shape index (κ1) is 40.3. The van der Waals surface area contributed by atoms with Crippen molar-refractivity contribution in [2.75, 3.05) is 63.3 Å². The van der Waals surface area contributed by atoms with E-state index in [4.69, 9.17) is 19.4 Å². The lowest BCUT2D eigenvalue weighted by Gasteiger charge is -2.37. The molecule has 4 aromatic carbocycles. The largest absolute Gasteiger partial charge is 0.453 e. The van der Waals surface area contributed by atoms with Gasteiger partial charge in [0.2, 0.25) is 0 Å². The SMILES string of the molecule is COC(=O)N[C@@H](C(=O)N1CCC[C@H]1c1nc2ccc(N3CCN(c4ccc5nc([C@@H]6CCCN6C(=O)[C@H](NC(=O)OC)c6ccccc6)[nH]c5c4)CC3)cc2[nH]1)c1ccccc1. The third-order valence-corrected chi connectivity index (χ3v) is 12.3. The summed E-state index contributed by atoms with van der Waals surface area (Å²) in [4.78, 5) is 77.9. The number of piperazine rings is 1. The molecule has 0 spiro atoms. The maximum absolute atomic E-state index is 14.0. The molecule has 16 heteroatoms. The second-order valence-corrected chi connectivity index (χ2v) is 16.0. The number of benzene rings is 4. The minimum atomic E-state index is -0.879. The molecule has 0 aliphatic carbocycles. The Morgan fingerprint density at radius 3 is 1.37 bits per heavy atom. The fourth-order valence-corrected chi connectivity index (χ4v) is 9.15. The molecule has 5 heterocycles. The quantitative estimate of drug-likeness (QED) is 0.123. The lowest BCUT2D eigenvalue weighted by Crippen LogP contribution is -2.46. The molecule has 0 saturated carbocycles. The van der Waals surface area contributed by atoms with Crippen LogP contribution in [0.5, 0.6) is 0 Å². The van der Waals surface area contributed by atoms with Crippen LogP contribution < -0.4 is 20.4 Å². The van der Waals surface area contributed by atoms with Crippen LogP contribution in [0.15, 0.2) is 97.1 Å². The molecule has 0 unspecified atom stereocenters. The van der Waals surface area contributed by atoms with E-state index >= 15 is 0 Å². The number of amides is 4. The van der Waals surface area contributed by atoms with E-state index in [2.05, 4.69) is 54.7 Å².